The summed E-state index contributed by atoms with van der Waals surface area (Å²) in [5.41, 5.74) is 2.50. The molecular formula is C15H21NO2. The molecule has 1 amide bonds. The largest absolute Gasteiger partial charge is 0.393 e. The van der Waals surface area contributed by atoms with Crippen molar-refractivity contribution in [3.8, 4) is 0 Å². The number of aliphatic hydroxyl groups excluding tert-OH is 1. The number of carbonyl (C=O) groups excluding carboxylic acids is 1. The van der Waals surface area contributed by atoms with E-state index >= 15 is 0 Å². The Labute approximate surface area is 108 Å². The van der Waals surface area contributed by atoms with E-state index in [4.69, 9.17) is 0 Å². The molecule has 1 aliphatic heterocycles. The van der Waals surface area contributed by atoms with Gasteiger partial charge in [0.2, 0.25) is 5.91 Å². The lowest BCUT2D eigenvalue weighted by atomic mass is 10.0. The predicted octanol–water partition coefficient (Wildman–Crippen LogP) is 1.91. The summed E-state index contributed by atoms with van der Waals surface area (Å²) in [7, 11) is 0. The Morgan fingerprint density at radius 2 is 2.00 bits per heavy atom. The van der Waals surface area contributed by atoms with E-state index in [0.717, 1.165) is 19.3 Å². The molecule has 0 bridgehead atoms. The van der Waals surface area contributed by atoms with Crippen LogP contribution in [0.4, 0.5) is 0 Å². The van der Waals surface area contributed by atoms with E-state index in [0.29, 0.717) is 19.5 Å². The van der Waals surface area contributed by atoms with Crippen LogP contribution in [0.25, 0.3) is 0 Å². The maximum Gasteiger partial charge on any atom is 0.222 e. The fourth-order valence-electron chi connectivity index (χ4n) is 2.41. The lowest BCUT2D eigenvalue weighted by Gasteiger charge is -2.29. The molecule has 3 nitrogen and oxygen atoms in total. The lowest BCUT2D eigenvalue weighted by molar-refractivity contribution is -0.133. The molecule has 98 valence electrons. The molecule has 1 aromatic rings. The molecule has 0 unspecified atom stereocenters. The van der Waals surface area contributed by atoms with Crippen LogP contribution in [0.15, 0.2) is 24.3 Å². The Morgan fingerprint density at radius 3 is 2.67 bits per heavy atom. The molecule has 0 spiro atoms. The summed E-state index contributed by atoms with van der Waals surface area (Å²) >= 11 is 0. The SMILES string of the molecule is Cc1ccccc1CCC(=O)N1CCC(O)CC1. The van der Waals surface area contributed by atoms with Crippen LogP contribution in [0, 0.1) is 6.92 Å². The van der Waals surface area contributed by atoms with Crippen LogP contribution in [0.1, 0.15) is 30.4 Å². The first kappa shape index (κ1) is 13.1. The number of rotatable bonds is 3. The number of carbonyl (C=O) groups is 1. The Balaban J connectivity index is 1.83. The van der Waals surface area contributed by atoms with Gasteiger partial charge in [0.1, 0.15) is 0 Å². The summed E-state index contributed by atoms with van der Waals surface area (Å²) in [4.78, 5) is 13.9. The van der Waals surface area contributed by atoms with Crippen LogP contribution in [-0.4, -0.2) is 35.1 Å². The Bertz CT molecular complexity index is 409. The first-order valence-corrected chi connectivity index (χ1v) is 6.67. The van der Waals surface area contributed by atoms with Gasteiger partial charge >= 0.3 is 0 Å². The predicted molar refractivity (Wildman–Crippen MR) is 71.3 cm³/mol. The van der Waals surface area contributed by atoms with Crippen LogP contribution in [-0.2, 0) is 11.2 Å². The molecule has 1 fully saturated rings. The van der Waals surface area contributed by atoms with Gasteiger partial charge in [0.15, 0.2) is 0 Å². The third kappa shape index (κ3) is 3.33. The van der Waals surface area contributed by atoms with Gasteiger partial charge in [0.25, 0.3) is 0 Å². The molecule has 1 aromatic carbocycles. The number of piperidine rings is 1. The standard InChI is InChI=1S/C15H21NO2/c1-12-4-2-3-5-13(12)6-7-15(18)16-10-8-14(17)9-11-16/h2-5,14,17H,6-11H2,1H3. The van der Waals surface area contributed by atoms with E-state index in [-0.39, 0.29) is 12.0 Å². The monoisotopic (exact) mass is 247 g/mol. The number of hydrogen-bond donors (Lipinski definition) is 1. The van der Waals surface area contributed by atoms with Gasteiger partial charge in [-0.2, -0.15) is 0 Å². The number of hydrogen-bond acceptors (Lipinski definition) is 2. The molecule has 0 atom stereocenters. The van der Waals surface area contributed by atoms with E-state index in [1.54, 1.807) is 0 Å². The van der Waals surface area contributed by atoms with Crippen molar-refractivity contribution < 1.29 is 9.90 Å². The van der Waals surface area contributed by atoms with Crippen molar-refractivity contribution in [2.75, 3.05) is 13.1 Å². The van der Waals surface area contributed by atoms with Crippen molar-refractivity contribution in [2.24, 2.45) is 0 Å². The van der Waals surface area contributed by atoms with Gasteiger partial charge in [0.05, 0.1) is 6.10 Å². The second kappa shape index (κ2) is 6.01. The van der Waals surface area contributed by atoms with Gasteiger partial charge in [0, 0.05) is 19.5 Å². The summed E-state index contributed by atoms with van der Waals surface area (Å²) in [6, 6.07) is 8.20. The second-order valence-corrected chi connectivity index (χ2v) is 5.04. The number of likely N-dealkylation sites (tertiary alicyclic amines) is 1. The molecule has 0 aliphatic carbocycles. The summed E-state index contributed by atoms with van der Waals surface area (Å²) in [6.07, 6.45) is 2.60. The zero-order chi connectivity index (χ0) is 13.0. The minimum absolute atomic E-state index is 0.213. The Morgan fingerprint density at radius 1 is 1.33 bits per heavy atom. The summed E-state index contributed by atoms with van der Waals surface area (Å²) in [5.74, 6) is 0.213. The highest BCUT2D eigenvalue weighted by molar-refractivity contribution is 5.76. The first-order chi connectivity index (χ1) is 8.66. The molecule has 3 heteroatoms. The molecule has 18 heavy (non-hydrogen) atoms. The molecule has 1 N–H and O–H groups in total. The minimum atomic E-state index is -0.217. The van der Waals surface area contributed by atoms with Crippen molar-refractivity contribution in [2.45, 2.75) is 38.7 Å². The van der Waals surface area contributed by atoms with Crippen molar-refractivity contribution in [1.29, 1.82) is 0 Å². The number of aryl methyl sites for hydroxylation is 2. The number of amides is 1. The molecule has 0 saturated carbocycles. The highest BCUT2D eigenvalue weighted by atomic mass is 16.3. The van der Waals surface area contributed by atoms with E-state index in [1.807, 2.05) is 17.0 Å². The minimum Gasteiger partial charge on any atom is -0.393 e. The van der Waals surface area contributed by atoms with Crippen molar-refractivity contribution >= 4 is 5.91 Å². The third-order valence-electron chi connectivity index (χ3n) is 3.69. The van der Waals surface area contributed by atoms with Crippen LogP contribution in [0.5, 0.6) is 0 Å². The third-order valence-corrected chi connectivity index (χ3v) is 3.69. The van der Waals surface area contributed by atoms with Gasteiger partial charge in [-0.25, -0.2) is 0 Å². The van der Waals surface area contributed by atoms with Crippen LogP contribution >= 0.6 is 0 Å². The number of aliphatic hydroxyl groups is 1. The van der Waals surface area contributed by atoms with Gasteiger partial charge in [-0.05, 0) is 37.3 Å². The molecule has 0 aromatic heterocycles. The van der Waals surface area contributed by atoms with Crippen LogP contribution in [0.2, 0.25) is 0 Å². The molecular weight excluding hydrogens is 226 g/mol. The van der Waals surface area contributed by atoms with Gasteiger partial charge < -0.3 is 10.0 Å². The fraction of sp³-hybridized carbons (Fsp3) is 0.533. The van der Waals surface area contributed by atoms with Crippen LogP contribution in [0.3, 0.4) is 0 Å². The molecule has 2 rings (SSSR count). The topological polar surface area (TPSA) is 40.5 Å². The van der Waals surface area contributed by atoms with Crippen LogP contribution < -0.4 is 0 Å². The van der Waals surface area contributed by atoms with E-state index < -0.39 is 0 Å². The number of benzene rings is 1. The van der Waals surface area contributed by atoms with E-state index in [1.165, 1.54) is 11.1 Å². The Hall–Kier alpha value is -1.35. The van der Waals surface area contributed by atoms with Crippen molar-refractivity contribution in [1.82, 2.24) is 4.90 Å². The lowest BCUT2D eigenvalue weighted by Crippen LogP contribution is -2.40. The molecule has 1 heterocycles. The average Bonchev–Trinajstić information content (AvgIpc) is 2.38. The molecule has 1 saturated heterocycles. The normalized spacial score (nSPS) is 16.9. The number of nitrogens with zero attached hydrogens (tertiary/aromatic N) is 1. The van der Waals surface area contributed by atoms with Crippen molar-refractivity contribution in [3.63, 3.8) is 0 Å². The Kier molecular flexibility index (Phi) is 4.37. The van der Waals surface area contributed by atoms with Gasteiger partial charge in [-0.3, -0.25) is 4.79 Å². The quantitative estimate of drug-likeness (QED) is 0.886. The summed E-state index contributed by atoms with van der Waals surface area (Å²) in [5, 5.41) is 9.42. The van der Waals surface area contributed by atoms with Gasteiger partial charge in [-0.1, -0.05) is 24.3 Å². The highest BCUT2D eigenvalue weighted by Gasteiger charge is 2.20. The zero-order valence-corrected chi connectivity index (χ0v) is 10.9. The maximum absolute atomic E-state index is 12.0. The first-order valence-electron chi connectivity index (χ1n) is 6.67. The fourth-order valence-corrected chi connectivity index (χ4v) is 2.41. The maximum atomic E-state index is 12.0. The second-order valence-electron chi connectivity index (χ2n) is 5.04. The van der Waals surface area contributed by atoms with E-state index in [2.05, 4.69) is 19.1 Å². The molecule has 0 radical (unpaired) electrons. The van der Waals surface area contributed by atoms with Gasteiger partial charge in [-0.15, -0.1) is 0 Å². The highest BCUT2D eigenvalue weighted by Crippen LogP contribution is 2.14. The smallest absolute Gasteiger partial charge is 0.222 e. The molecule has 1 aliphatic rings. The summed E-state index contributed by atoms with van der Waals surface area (Å²) in [6.45, 7) is 3.48. The summed E-state index contributed by atoms with van der Waals surface area (Å²) < 4.78 is 0. The average molecular weight is 247 g/mol. The van der Waals surface area contributed by atoms with E-state index in [9.17, 15) is 9.90 Å². The zero-order valence-electron chi connectivity index (χ0n) is 10.9. The van der Waals surface area contributed by atoms with Crippen molar-refractivity contribution in [3.05, 3.63) is 35.4 Å².